The van der Waals surface area contributed by atoms with Gasteiger partial charge in [0.1, 0.15) is 10.1 Å². The number of benzene rings is 1. The maximum absolute atomic E-state index is 10.3. The van der Waals surface area contributed by atoms with E-state index in [4.69, 9.17) is 0 Å². The zero-order chi connectivity index (χ0) is 14.9. The summed E-state index contributed by atoms with van der Waals surface area (Å²) in [6.45, 7) is 14.2. The number of nitrogens with zero attached hydrogens (tertiary/aromatic N) is 1. The molecule has 0 fully saturated rings. The molecule has 5 heteroatoms. The van der Waals surface area contributed by atoms with Crippen LogP contribution < -0.4 is 0 Å². The van der Waals surface area contributed by atoms with E-state index in [-0.39, 0.29) is 4.90 Å². The summed E-state index contributed by atoms with van der Waals surface area (Å²) < 4.78 is 32.1. The minimum Gasteiger partial charge on any atom is -0.744 e. The van der Waals surface area contributed by atoms with Crippen LogP contribution in [0.4, 0.5) is 0 Å². The maximum Gasteiger partial charge on any atom is 0.124 e. The van der Waals surface area contributed by atoms with Gasteiger partial charge in [-0.25, -0.2) is 8.42 Å². The van der Waals surface area contributed by atoms with Crippen molar-refractivity contribution in [1.29, 1.82) is 0 Å². The fourth-order valence-electron chi connectivity index (χ4n) is 1.93. The molecule has 1 aromatic rings. The first-order valence-corrected chi connectivity index (χ1v) is 8.12. The lowest BCUT2D eigenvalue weighted by Crippen LogP contribution is -2.47. The molecular weight excluding hydrogens is 262 g/mol. The van der Waals surface area contributed by atoms with Crippen LogP contribution in [-0.4, -0.2) is 43.6 Å². The van der Waals surface area contributed by atoms with Gasteiger partial charge in [0.05, 0.1) is 31.1 Å². The molecule has 19 heavy (non-hydrogen) atoms. The first-order valence-electron chi connectivity index (χ1n) is 6.71. The third-order valence-corrected chi connectivity index (χ3v) is 4.56. The van der Waals surface area contributed by atoms with Gasteiger partial charge < -0.3 is 9.04 Å². The van der Waals surface area contributed by atoms with Crippen molar-refractivity contribution in [3.63, 3.8) is 0 Å². The summed E-state index contributed by atoms with van der Waals surface area (Å²) in [4.78, 5) is -0.185. The highest BCUT2D eigenvalue weighted by atomic mass is 32.2. The Morgan fingerprint density at radius 1 is 0.895 bits per heavy atom. The highest BCUT2D eigenvalue weighted by Crippen LogP contribution is 2.05. The maximum atomic E-state index is 10.3. The van der Waals surface area contributed by atoms with E-state index in [1.807, 2.05) is 0 Å². The van der Waals surface area contributed by atoms with Crippen LogP contribution in [-0.2, 0) is 10.1 Å². The van der Waals surface area contributed by atoms with Gasteiger partial charge in [0.15, 0.2) is 0 Å². The Hall–Kier alpha value is -0.910. The average Bonchev–Trinajstić information content (AvgIpc) is 2.43. The molecule has 1 aromatic carbocycles. The van der Waals surface area contributed by atoms with Crippen molar-refractivity contribution < 1.29 is 17.5 Å². The molecule has 0 heterocycles. The second-order valence-corrected chi connectivity index (χ2v) is 5.75. The molecule has 1 rings (SSSR count). The van der Waals surface area contributed by atoms with Gasteiger partial charge in [-0.3, -0.25) is 0 Å². The zero-order valence-electron chi connectivity index (χ0n) is 12.3. The zero-order valence-corrected chi connectivity index (χ0v) is 13.1. The Balaban J connectivity index is 0.000000344. The van der Waals surface area contributed by atoms with Crippen LogP contribution in [0, 0.1) is 0 Å². The summed E-state index contributed by atoms with van der Waals surface area (Å²) in [6.07, 6.45) is 0. The van der Waals surface area contributed by atoms with E-state index in [0.717, 1.165) is 0 Å². The third-order valence-electron chi connectivity index (χ3n) is 3.72. The Kier molecular flexibility index (Phi) is 7.90. The molecule has 0 saturated carbocycles. The number of quaternary nitrogens is 1. The fraction of sp³-hybridized carbons (Fsp3) is 0.571. The van der Waals surface area contributed by atoms with Crippen LogP contribution in [0.1, 0.15) is 27.7 Å². The lowest BCUT2D eigenvalue weighted by Gasteiger charge is -2.34. The van der Waals surface area contributed by atoms with E-state index >= 15 is 0 Å². The van der Waals surface area contributed by atoms with Crippen molar-refractivity contribution in [1.82, 2.24) is 0 Å². The van der Waals surface area contributed by atoms with Crippen molar-refractivity contribution in [2.45, 2.75) is 32.6 Å². The van der Waals surface area contributed by atoms with Gasteiger partial charge in [-0.2, -0.15) is 0 Å². The first-order chi connectivity index (χ1) is 8.85. The van der Waals surface area contributed by atoms with E-state index in [9.17, 15) is 13.0 Å². The third kappa shape index (κ3) is 6.18. The summed E-state index contributed by atoms with van der Waals surface area (Å²) in [5.74, 6) is 0. The molecule has 0 aliphatic heterocycles. The van der Waals surface area contributed by atoms with Crippen LogP contribution >= 0.6 is 0 Å². The minimum absolute atomic E-state index is 0.185. The normalized spacial score (nSPS) is 11.6. The van der Waals surface area contributed by atoms with Gasteiger partial charge in [0.25, 0.3) is 0 Å². The van der Waals surface area contributed by atoms with Crippen molar-refractivity contribution in [2.75, 3.05) is 26.2 Å². The van der Waals surface area contributed by atoms with Gasteiger partial charge in [-0.1, -0.05) is 18.2 Å². The van der Waals surface area contributed by atoms with Gasteiger partial charge in [0.2, 0.25) is 0 Å². The molecule has 0 saturated heterocycles. The summed E-state index contributed by atoms with van der Waals surface area (Å²) in [5, 5.41) is 0. The molecule has 0 unspecified atom stereocenters. The van der Waals surface area contributed by atoms with E-state index < -0.39 is 10.1 Å². The SMILES string of the molecule is CC[N+](CC)(CC)CC.O=S(=O)([O-])c1ccccc1. The predicted octanol–water partition coefficient (Wildman–Crippen LogP) is 2.47. The van der Waals surface area contributed by atoms with Crippen LogP contribution in [0.25, 0.3) is 0 Å². The molecule has 0 bridgehead atoms. The largest absolute Gasteiger partial charge is 0.744 e. The van der Waals surface area contributed by atoms with Gasteiger partial charge >= 0.3 is 0 Å². The Morgan fingerprint density at radius 3 is 1.42 bits per heavy atom. The summed E-state index contributed by atoms with van der Waals surface area (Å²) in [6, 6.07) is 7.19. The molecule has 0 spiro atoms. The van der Waals surface area contributed by atoms with E-state index in [0.29, 0.717) is 0 Å². The Bertz CT molecular complexity index is 422. The van der Waals surface area contributed by atoms with Gasteiger partial charge in [-0.05, 0) is 39.8 Å². The lowest BCUT2D eigenvalue weighted by atomic mass is 10.3. The lowest BCUT2D eigenvalue weighted by molar-refractivity contribution is -0.921. The van der Waals surface area contributed by atoms with Crippen molar-refractivity contribution in [3.05, 3.63) is 30.3 Å². The Morgan fingerprint density at radius 2 is 1.26 bits per heavy atom. The van der Waals surface area contributed by atoms with Crippen molar-refractivity contribution >= 4 is 10.1 Å². The first kappa shape index (κ1) is 18.1. The number of rotatable bonds is 5. The van der Waals surface area contributed by atoms with Crippen molar-refractivity contribution in [3.8, 4) is 0 Å². The Labute approximate surface area is 117 Å². The summed E-state index contributed by atoms with van der Waals surface area (Å²) >= 11 is 0. The molecule has 0 aromatic heterocycles. The molecule has 110 valence electrons. The average molecular weight is 287 g/mol. The van der Waals surface area contributed by atoms with Crippen LogP contribution in [0.2, 0.25) is 0 Å². The molecule has 0 aliphatic rings. The van der Waals surface area contributed by atoms with Gasteiger partial charge in [-0.15, -0.1) is 0 Å². The molecule has 0 radical (unpaired) electrons. The molecule has 4 nitrogen and oxygen atoms in total. The smallest absolute Gasteiger partial charge is 0.124 e. The highest BCUT2D eigenvalue weighted by molar-refractivity contribution is 7.85. The van der Waals surface area contributed by atoms with E-state index in [2.05, 4.69) is 27.7 Å². The molecular formula is C14H25NO3S. The number of hydrogen-bond donors (Lipinski definition) is 0. The highest BCUT2D eigenvalue weighted by Gasteiger charge is 2.16. The summed E-state index contributed by atoms with van der Waals surface area (Å²) in [7, 11) is -4.25. The second kappa shape index (κ2) is 8.30. The molecule has 0 atom stereocenters. The van der Waals surface area contributed by atoms with Crippen LogP contribution in [0.3, 0.4) is 0 Å². The van der Waals surface area contributed by atoms with Crippen LogP contribution in [0.15, 0.2) is 35.2 Å². The quantitative estimate of drug-likeness (QED) is 0.617. The minimum atomic E-state index is -4.25. The molecule has 0 aliphatic carbocycles. The predicted molar refractivity (Wildman–Crippen MR) is 76.8 cm³/mol. The second-order valence-electron chi connectivity index (χ2n) is 4.37. The molecule has 0 amide bonds. The fourth-order valence-corrected chi connectivity index (χ4v) is 2.42. The standard InChI is InChI=1S/C8H20N.C6H6O3S/c1-5-9(6-2,7-3)8-4;7-10(8,9)6-4-2-1-3-5-6/h5-8H2,1-4H3;1-5H,(H,7,8,9)/q+1;/p-1. The van der Waals surface area contributed by atoms with Crippen LogP contribution in [0.5, 0.6) is 0 Å². The molecule has 0 N–H and O–H groups in total. The van der Waals surface area contributed by atoms with Crippen molar-refractivity contribution in [2.24, 2.45) is 0 Å². The topological polar surface area (TPSA) is 57.2 Å². The van der Waals surface area contributed by atoms with E-state index in [1.165, 1.54) is 54.9 Å². The van der Waals surface area contributed by atoms with Gasteiger partial charge in [0, 0.05) is 0 Å². The monoisotopic (exact) mass is 287 g/mol. The summed E-state index contributed by atoms with van der Waals surface area (Å²) in [5.41, 5.74) is 0. The number of hydrogen-bond acceptors (Lipinski definition) is 3. The van der Waals surface area contributed by atoms with E-state index in [1.54, 1.807) is 6.07 Å².